The van der Waals surface area contributed by atoms with Crippen LogP contribution in [0.5, 0.6) is 0 Å². The van der Waals surface area contributed by atoms with Gasteiger partial charge >= 0.3 is 11.9 Å². The number of esters is 1. The molecule has 4 rings (SSSR count). The quantitative estimate of drug-likeness (QED) is 0.298. The molecular weight excluding hydrogens is 382 g/mol. The highest BCUT2D eigenvalue weighted by atomic mass is 16.7. The van der Waals surface area contributed by atoms with Crippen molar-refractivity contribution in [2.75, 3.05) is 0 Å². The van der Waals surface area contributed by atoms with E-state index in [4.69, 9.17) is 14.0 Å². The van der Waals surface area contributed by atoms with Crippen molar-refractivity contribution in [3.8, 4) is 0 Å². The average Bonchev–Trinajstić information content (AvgIpc) is 3.29. The van der Waals surface area contributed by atoms with Crippen LogP contribution in [0.2, 0.25) is 0 Å². The summed E-state index contributed by atoms with van der Waals surface area (Å²) in [4.78, 5) is 29.7. The van der Waals surface area contributed by atoms with E-state index in [-0.39, 0.29) is 11.4 Å². The SMILES string of the molecule is CC1=C2C(=O)O[C@@H](c3coc(/C(C)=N/OC(=O)c4ccc(C)cc4)c3)[C@]2(C)CCC1. The van der Waals surface area contributed by atoms with Crippen LogP contribution in [0, 0.1) is 12.3 Å². The van der Waals surface area contributed by atoms with Gasteiger partial charge in [-0.1, -0.05) is 35.3 Å². The minimum atomic E-state index is -0.536. The highest BCUT2D eigenvalue weighted by Gasteiger charge is 2.52. The third-order valence-corrected chi connectivity index (χ3v) is 6.09. The van der Waals surface area contributed by atoms with Gasteiger partial charge in [0, 0.05) is 16.6 Å². The predicted octanol–water partition coefficient (Wildman–Crippen LogP) is 5.27. The molecule has 1 aromatic carbocycles. The Labute approximate surface area is 175 Å². The molecule has 0 N–H and O–H groups in total. The molecule has 1 aliphatic heterocycles. The van der Waals surface area contributed by atoms with E-state index in [0.29, 0.717) is 17.0 Å². The van der Waals surface area contributed by atoms with Crippen molar-refractivity contribution < 1.29 is 23.6 Å². The molecule has 1 aromatic heterocycles. The first kappa shape index (κ1) is 20.1. The molecule has 0 saturated carbocycles. The van der Waals surface area contributed by atoms with E-state index in [0.717, 1.165) is 41.5 Å². The molecule has 0 radical (unpaired) electrons. The lowest BCUT2D eigenvalue weighted by Crippen LogP contribution is -2.26. The van der Waals surface area contributed by atoms with Gasteiger partial charge in [-0.2, -0.15) is 0 Å². The van der Waals surface area contributed by atoms with Gasteiger partial charge in [0.05, 0.1) is 11.8 Å². The van der Waals surface area contributed by atoms with Gasteiger partial charge in [0.1, 0.15) is 11.8 Å². The zero-order chi connectivity index (χ0) is 21.5. The molecule has 2 atom stereocenters. The van der Waals surface area contributed by atoms with Crippen molar-refractivity contribution in [3.63, 3.8) is 0 Å². The summed E-state index contributed by atoms with van der Waals surface area (Å²) in [5, 5.41) is 3.92. The number of cyclic esters (lactones) is 1. The minimum Gasteiger partial charge on any atom is -0.463 e. The molecule has 0 spiro atoms. The van der Waals surface area contributed by atoms with Crippen LogP contribution in [0.1, 0.15) is 73.4 Å². The number of oxime groups is 1. The highest BCUT2D eigenvalue weighted by Crippen LogP contribution is 2.56. The summed E-state index contributed by atoms with van der Waals surface area (Å²) >= 11 is 0. The molecule has 2 aromatic rings. The first-order valence-corrected chi connectivity index (χ1v) is 10.1. The van der Waals surface area contributed by atoms with E-state index in [1.165, 1.54) is 0 Å². The maximum Gasteiger partial charge on any atom is 0.365 e. The summed E-state index contributed by atoms with van der Waals surface area (Å²) in [6.07, 6.45) is 4.04. The predicted molar refractivity (Wildman–Crippen MR) is 111 cm³/mol. The number of hydrogen-bond acceptors (Lipinski definition) is 6. The van der Waals surface area contributed by atoms with E-state index in [9.17, 15) is 9.59 Å². The molecule has 1 aliphatic carbocycles. The van der Waals surface area contributed by atoms with Crippen molar-refractivity contribution in [2.45, 2.75) is 53.1 Å². The first-order valence-electron chi connectivity index (χ1n) is 10.1. The number of fused-ring (bicyclic) bond motifs is 1. The van der Waals surface area contributed by atoms with Gasteiger partial charge in [-0.3, -0.25) is 0 Å². The first-order chi connectivity index (χ1) is 14.3. The number of carbonyl (C=O) groups excluding carboxylic acids is 2. The minimum absolute atomic E-state index is 0.236. The molecule has 30 heavy (non-hydrogen) atoms. The van der Waals surface area contributed by atoms with Crippen molar-refractivity contribution >= 4 is 17.7 Å². The lowest BCUT2D eigenvalue weighted by molar-refractivity contribution is -0.140. The van der Waals surface area contributed by atoms with E-state index in [2.05, 4.69) is 12.1 Å². The molecule has 1 fully saturated rings. The number of furan rings is 1. The lowest BCUT2D eigenvalue weighted by atomic mass is 9.68. The van der Waals surface area contributed by atoms with Gasteiger partial charge < -0.3 is 14.0 Å². The fourth-order valence-corrected chi connectivity index (χ4v) is 4.44. The molecular formula is C24H25NO5. The average molecular weight is 407 g/mol. The lowest BCUT2D eigenvalue weighted by Gasteiger charge is -2.33. The fourth-order valence-electron chi connectivity index (χ4n) is 4.44. The molecule has 6 heteroatoms. The third kappa shape index (κ3) is 3.47. The Kier molecular flexibility index (Phi) is 5.10. The van der Waals surface area contributed by atoms with Gasteiger partial charge in [0.25, 0.3) is 0 Å². The number of hydrogen-bond donors (Lipinski definition) is 0. The van der Waals surface area contributed by atoms with Crippen molar-refractivity contribution in [3.05, 3.63) is 70.2 Å². The summed E-state index contributed by atoms with van der Waals surface area (Å²) in [5.41, 5.74) is 4.25. The topological polar surface area (TPSA) is 78.1 Å². The Morgan fingerprint density at radius 2 is 1.97 bits per heavy atom. The Morgan fingerprint density at radius 3 is 2.70 bits per heavy atom. The van der Waals surface area contributed by atoms with Gasteiger partial charge in [-0.15, -0.1) is 0 Å². The van der Waals surface area contributed by atoms with Gasteiger partial charge in [0.2, 0.25) is 0 Å². The van der Waals surface area contributed by atoms with Crippen LogP contribution in [-0.4, -0.2) is 17.7 Å². The summed E-state index contributed by atoms with van der Waals surface area (Å²) < 4.78 is 11.4. The summed E-state index contributed by atoms with van der Waals surface area (Å²) in [6, 6.07) is 8.87. The molecule has 0 unspecified atom stereocenters. The zero-order valence-corrected chi connectivity index (χ0v) is 17.7. The molecule has 1 saturated heterocycles. The normalized spacial score (nSPS) is 23.9. The number of allylic oxidation sites excluding steroid dienone is 1. The van der Waals surface area contributed by atoms with Crippen LogP contribution >= 0.6 is 0 Å². The summed E-state index contributed by atoms with van der Waals surface area (Å²) in [7, 11) is 0. The second-order valence-corrected chi connectivity index (χ2v) is 8.38. The maximum absolute atomic E-state index is 12.5. The number of rotatable bonds is 4. The highest BCUT2D eigenvalue weighted by molar-refractivity contribution is 5.97. The van der Waals surface area contributed by atoms with Crippen molar-refractivity contribution in [1.29, 1.82) is 0 Å². The van der Waals surface area contributed by atoms with Crippen LogP contribution in [-0.2, 0) is 14.4 Å². The van der Waals surface area contributed by atoms with E-state index >= 15 is 0 Å². The smallest absolute Gasteiger partial charge is 0.365 e. The van der Waals surface area contributed by atoms with Crippen LogP contribution < -0.4 is 0 Å². The van der Waals surface area contributed by atoms with Crippen LogP contribution in [0.25, 0.3) is 0 Å². The molecule has 0 amide bonds. The molecule has 6 nitrogen and oxygen atoms in total. The Bertz CT molecular complexity index is 1060. The van der Waals surface area contributed by atoms with Gasteiger partial charge in [0.15, 0.2) is 5.76 Å². The van der Waals surface area contributed by atoms with Crippen LogP contribution in [0.3, 0.4) is 0 Å². The monoisotopic (exact) mass is 407 g/mol. The number of benzene rings is 1. The van der Waals surface area contributed by atoms with Crippen molar-refractivity contribution in [1.82, 2.24) is 0 Å². The largest absolute Gasteiger partial charge is 0.463 e. The van der Waals surface area contributed by atoms with E-state index < -0.39 is 12.1 Å². The van der Waals surface area contributed by atoms with E-state index in [1.54, 1.807) is 31.4 Å². The Morgan fingerprint density at radius 1 is 1.23 bits per heavy atom. The standard InChI is InChI=1S/C24H25NO5/c1-14-7-9-17(10-8-14)22(26)30-25-16(3)19-12-18(13-28-19)21-24(4)11-5-6-15(2)20(24)23(27)29-21/h7-10,12-13,21H,5-6,11H2,1-4H3/b25-16+/t21-,24+/m0/s1. The second-order valence-electron chi connectivity index (χ2n) is 8.38. The molecule has 0 bridgehead atoms. The summed E-state index contributed by atoms with van der Waals surface area (Å²) in [5.74, 6) is -0.308. The number of aryl methyl sites for hydroxylation is 1. The number of nitrogens with zero attached hydrogens (tertiary/aromatic N) is 1. The Balaban J connectivity index is 1.52. The third-order valence-electron chi connectivity index (χ3n) is 6.09. The van der Waals surface area contributed by atoms with Crippen LogP contribution in [0.4, 0.5) is 0 Å². The maximum atomic E-state index is 12.5. The molecule has 2 aliphatic rings. The van der Waals surface area contributed by atoms with Gasteiger partial charge in [-0.05, 0) is 58.2 Å². The number of ether oxygens (including phenoxy) is 1. The van der Waals surface area contributed by atoms with Crippen molar-refractivity contribution in [2.24, 2.45) is 10.6 Å². The second kappa shape index (κ2) is 7.59. The zero-order valence-electron chi connectivity index (χ0n) is 17.7. The van der Waals surface area contributed by atoms with Crippen LogP contribution in [0.15, 0.2) is 57.3 Å². The van der Waals surface area contributed by atoms with Gasteiger partial charge in [-0.25, -0.2) is 9.59 Å². The Hall–Kier alpha value is -3.15. The number of carbonyl (C=O) groups is 2. The molecule has 2 heterocycles. The van der Waals surface area contributed by atoms with E-state index in [1.807, 2.05) is 26.0 Å². The molecule has 156 valence electrons. The fraction of sp³-hybridized carbons (Fsp3) is 0.375. The summed E-state index contributed by atoms with van der Waals surface area (Å²) in [6.45, 7) is 7.73.